The largest absolute Gasteiger partial charge is 0.491 e. The number of nitrogens with one attached hydrogen (secondary N) is 1. The summed E-state index contributed by atoms with van der Waals surface area (Å²) in [6.45, 7) is 2.29. The van der Waals surface area contributed by atoms with Crippen LogP contribution in [0.3, 0.4) is 0 Å². The number of benzene rings is 1. The number of anilines is 1. The normalized spacial score (nSPS) is 10.3. The summed E-state index contributed by atoms with van der Waals surface area (Å²) in [6, 6.07) is 6.24. The van der Waals surface area contributed by atoms with Crippen molar-refractivity contribution in [3.8, 4) is 5.75 Å². The van der Waals surface area contributed by atoms with Gasteiger partial charge in [0.15, 0.2) is 16.6 Å². The molecule has 0 bridgehead atoms. The topological polar surface area (TPSA) is 64.1 Å². The summed E-state index contributed by atoms with van der Waals surface area (Å²) in [4.78, 5) is 12.1. The molecule has 2 rings (SSSR count). The van der Waals surface area contributed by atoms with Crippen LogP contribution >= 0.6 is 39.1 Å². The fourth-order valence-electron chi connectivity index (χ4n) is 1.57. The maximum atomic E-state index is 12.1. The van der Waals surface area contributed by atoms with E-state index in [-0.39, 0.29) is 10.8 Å². The number of carbonyl (C=O) groups is 1. The smallest absolute Gasteiger partial charge is 0.276 e. The standard InChI is InChI=1S/C13H10BrCl2N3O2/c1-2-21-12-8(14)5-7(15)6-10(12)17-13(20)9-3-4-11(16)19-18-9/h3-6H,2H2,1H3,(H,17,20). The highest BCUT2D eigenvalue weighted by molar-refractivity contribution is 9.10. The zero-order valence-electron chi connectivity index (χ0n) is 10.9. The molecular formula is C13H10BrCl2N3O2. The first-order valence-electron chi connectivity index (χ1n) is 5.93. The molecule has 1 aromatic heterocycles. The molecule has 5 nitrogen and oxygen atoms in total. The Morgan fingerprint density at radius 1 is 1.33 bits per heavy atom. The van der Waals surface area contributed by atoms with E-state index in [1.165, 1.54) is 12.1 Å². The zero-order chi connectivity index (χ0) is 15.4. The van der Waals surface area contributed by atoms with Crippen LogP contribution in [0.25, 0.3) is 0 Å². The molecule has 1 N–H and O–H groups in total. The van der Waals surface area contributed by atoms with Gasteiger partial charge < -0.3 is 10.1 Å². The summed E-state index contributed by atoms with van der Waals surface area (Å²) < 4.78 is 6.15. The van der Waals surface area contributed by atoms with Crippen LogP contribution in [0.4, 0.5) is 5.69 Å². The van der Waals surface area contributed by atoms with Crippen LogP contribution in [0.5, 0.6) is 5.75 Å². The number of rotatable bonds is 4. The van der Waals surface area contributed by atoms with Crippen LogP contribution in [0.1, 0.15) is 17.4 Å². The van der Waals surface area contributed by atoms with Gasteiger partial charge in [0.25, 0.3) is 5.91 Å². The van der Waals surface area contributed by atoms with E-state index in [0.29, 0.717) is 27.5 Å². The van der Waals surface area contributed by atoms with Crippen molar-refractivity contribution in [1.82, 2.24) is 10.2 Å². The minimum Gasteiger partial charge on any atom is -0.491 e. The molecule has 110 valence electrons. The number of aromatic nitrogens is 2. The lowest BCUT2D eigenvalue weighted by Gasteiger charge is -2.13. The number of carbonyl (C=O) groups excluding carboxylic acids is 1. The molecule has 0 aliphatic rings. The van der Waals surface area contributed by atoms with Gasteiger partial charge in [0.05, 0.1) is 16.8 Å². The fourth-order valence-corrected chi connectivity index (χ4v) is 2.59. The Bertz CT molecular complexity index is 665. The Hall–Kier alpha value is -1.37. The van der Waals surface area contributed by atoms with Gasteiger partial charge in [-0.3, -0.25) is 4.79 Å². The molecule has 0 aliphatic carbocycles. The molecule has 21 heavy (non-hydrogen) atoms. The van der Waals surface area contributed by atoms with E-state index in [0.717, 1.165) is 0 Å². The number of ether oxygens (including phenoxy) is 1. The van der Waals surface area contributed by atoms with E-state index < -0.39 is 5.91 Å². The van der Waals surface area contributed by atoms with Crippen LogP contribution in [-0.4, -0.2) is 22.7 Å². The fraction of sp³-hybridized carbons (Fsp3) is 0.154. The SMILES string of the molecule is CCOc1c(Br)cc(Cl)cc1NC(=O)c1ccc(Cl)nn1. The first-order valence-corrected chi connectivity index (χ1v) is 7.48. The van der Waals surface area contributed by atoms with E-state index in [2.05, 4.69) is 31.4 Å². The van der Waals surface area contributed by atoms with Gasteiger partial charge >= 0.3 is 0 Å². The third kappa shape index (κ3) is 4.06. The Kier molecular flexibility index (Phi) is 5.39. The van der Waals surface area contributed by atoms with Crippen molar-refractivity contribution in [2.75, 3.05) is 11.9 Å². The highest BCUT2D eigenvalue weighted by atomic mass is 79.9. The maximum Gasteiger partial charge on any atom is 0.276 e. The van der Waals surface area contributed by atoms with Gasteiger partial charge in [-0.25, -0.2) is 0 Å². The molecule has 0 saturated carbocycles. The lowest BCUT2D eigenvalue weighted by molar-refractivity contribution is 0.102. The Labute approximate surface area is 139 Å². The average molecular weight is 391 g/mol. The zero-order valence-corrected chi connectivity index (χ0v) is 14.0. The molecule has 0 saturated heterocycles. The molecule has 1 amide bonds. The van der Waals surface area contributed by atoms with Gasteiger partial charge in [0, 0.05) is 5.02 Å². The quantitative estimate of drug-likeness (QED) is 0.849. The van der Waals surface area contributed by atoms with Gasteiger partial charge in [0.1, 0.15) is 0 Å². The minimum absolute atomic E-state index is 0.137. The Balaban J connectivity index is 2.29. The van der Waals surface area contributed by atoms with Crippen molar-refractivity contribution < 1.29 is 9.53 Å². The van der Waals surface area contributed by atoms with E-state index in [1.54, 1.807) is 12.1 Å². The minimum atomic E-state index is -0.436. The van der Waals surface area contributed by atoms with Crippen molar-refractivity contribution >= 4 is 50.7 Å². The summed E-state index contributed by atoms with van der Waals surface area (Å²) >= 11 is 15.0. The van der Waals surface area contributed by atoms with E-state index in [1.807, 2.05) is 6.92 Å². The second kappa shape index (κ2) is 7.06. The monoisotopic (exact) mass is 389 g/mol. The van der Waals surface area contributed by atoms with Crippen molar-refractivity contribution in [2.45, 2.75) is 6.92 Å². The van der Waals surface area contributed by atoms with Crippen molar-refractivity contribution in [1.29, 1.82) is 0 Å². The first-order chi connectivity index (χ1) is 10.0. The van der Waals surface area contributed by atoms with Crippen molar-refractivity contribution in [3.05, 3.63) is 44.6 Å². The van der Waals surface area contributed by atoms with Crippen molar-refractivity contribution in [2.24, 2.45) is 0 Å². The Morgan fingerprint density at radius 3 is 2.71 bits per heavy atom. The predicted molar refractivity (Wildman–Crippen MR) is 85.3 cm³/mol. The Morgan fingerprint density at radius 2 is 2.10 bits per heavy atom. The van der Waals surface area contributed by atoms with Crippen LogP contribution in [0.2, 0.25) is 10.2 Å². The molecule has 0 atom stereocenters. The highest BCUT2D eigenvalue weighted by Gasteiger charge is 2.15. The summed E-state index contributed by atoms with van der Waals surface area (Å²) in [7, 11) is 0. The molecule has 1 aromatic carbocycles. The summed E-state index contributed by atoms with van der Waals surface area (Å²) in [6.07, 6.45) is 0. The van der Waals surface area contributed by atoms with Crippen LogP contribution in [-0.2, 0) is 0 Å². The van der Waals surface area contributed by atoms with Crippen molar-refractivity contribution in [3.63, 3.8) is 0 Å². The average Bonchev–Trinajstić information content (AvgIpc) is 2.43. The molecule has 2 aromatic rings. The van der Waals surface area contributed by atoms with Gasteiger partial charge in [-0.05, 0) is 47.1 Å². The van der Waals surface area contributed by atoms with E-state index in [9.17, 15) is 4.79 Å². The summed E-state index contributed by atoms with van der Waals surface area (Å²) in [5, 5.41) is 10.7. The number of nitrogens with zero attached hydrogens (tertiary/aromatic N) is 2. The van der Waals surface area contributed by atoms with Crippen LogP contribution < -0.4 is 10.1 Å². The molecule has 0 spiro atoms. The van der Waals surface area contributed by atoms with Crippen LogP contribution in [0, 0.1) is 0 Å². The number of amides is 1. The van der Waals surface area contributed by atoms with E-state index >= 15 is 0 Å². The van der Waals surface area contributed by atoms with Gasteiger partial charge in [-0.2, -0.15) is 0 Å². The molecule has 0 unspecified atom stereocenters. The second-order valence-electron chi connectivity index (χ2n) is 3.89. The van der Waals surface area contributed by atoms with Gasteiger partial charge in [-0.15, -0.1) is 10.2 Å². The van der Waals surface area contributed by atoms with E-state index in [4.69, 9.17) is 27.9 Å². The number of hydrogen-bond donors (Lipinski definition) is 1. The summed E-state index contributed by atoms with van der Waals surface area (Å²) in [5.74, 6) is 0.0615. The van der Waals surface area contributed by atoms with Crippen LogP contribution in [0.15, 0.2) is 28.7 Å². The lowest BCUT2D eigenvalue weighted by Crippen LogP contribution is -2.15. The molecule has 8 heteroatoms. The third-order valence-corrected chi connectivity index (χ3v) is 3.42. The number of hydrogen-bond acceptors (Lipinski definition) is 4. The molecule has 0 radical (unpaired) electrons. The first kappa shape index (κ1) is 16.0. The molecule has 0 fully saturated rings. The van der Waals surface area contributed by atoms with Gasteiger partial charge in [0.2, 0.25) is 0 Å². The molecule has 0 aliphatic heterocycles. The number of halogens is 3. The van der Waals surface area contributed by atoms with Gasteiger partial charge in [-0.1, -0.05) is 23.2 Å². The lowest BCUT2D eigenvalue weighted by atomic mass is 10.2. The highest BCUT2D eigenvalue weighted by Crippen LogP contribution is 2.36. The second-order valence-corrected chi connectivity index (χ2v) is 5.57. The molecular weight excluding hydrogens is 381 g/mol. The predicted octanol–water partition coefficient (Wildman–Crippen LogP) is 4.20. The third-order valence-electron chi connectivity index (χ3n) is 2.41. The molecule has 1 heterocycles. The maximum absolute atomic E-state index is 12.1. The summed E-state index contributed by atoms with van der Waals surface area (Å²) in [5.41, 5.74) is 0.580.